The number of rotatable bonds is 4. The number of allylic oxidation sites excluding steroid dienone is 2. The van der Waals surface area contributed by atoms with Gasteiger partial charge >= 0.3 is 0 Å². The van der Waals surface area contributed by atoms with Crippen molar-refractivity contribution in [3.63, 3.8) is 0 Å². The van der Waals surface area contributed by atoms with Crippen LogP contribution in [0.1, 0.15) is 17.8 Å². The summed E-state index contributed by atoms with van der Waals surface area (Å²) in [7, 11) is 1.92. The molecule has 6 heteroatoms. The van der Waals surface area contributed by atoms with Crippen LogP contribution in [0, 0.1) is 11.8 Å². The highest BCUT2D eigenvalue weighted by Gasteiger charge is 2.47. The first-order chi connectivity index (χ1) is 11.6. The van der Waals surface area contributed by atoms with Crippen molar-refractivity contribution >= 4 is 33.4 Å². The molecule has 124 valence electrons. The van der Waals surface area contributed by atoms with E-state index in [4.69, 9.17) is 0 Å². The average molecular weight is 341 g/mol. The Balaban J connectivity index is 1.45. The van der Waals surface area contributed by atoms with Gasteiger partial charge in [-0.3, -0.25) is 19.4 Å². The molecule has 0 N–H and O–H groups in total. The van der Waals surface area contributed by atoms with Crippen LogP contribution < -0.4 is 0 Å². The van der Waals surface area contributed by atoms with E-state index >= 15 is 0 Å². The van der Waals surface area contributed by atoms with E-state index in [1.807, 2.05) is 42.3 Å². The second-order valence-corrected chi connectivity index (χ2v) is 7.61. The van der Waals surface area contributed by atoms with Gasteiger partial charge in [0.15, 0.2) is 0 Å². The van der Waals surface area contributed by atoms with Crippen molar-refractivity contribution in [3.05, 3.63) is 41.4 Å². The molecule has 1 aromatic heterocycles. The summed E-state index contributed by atoms with van der Waals surface area (Å²) in [5.41, 5.74) is 0.997. The number of thiazole rings is 1. The molecule has 2 amide bonds. The molecule has 0 saturated carbocycles. The SMILES string of the molecule is CN(Cc1nc2ccccc2s1)CN1C(=O)[C@H]2CC=CC[C@H]2C1=O. The predicted octanol–water partition coefficient (Wildman–Crippen LogP) is 2.64. The van der Waals surface area contributed by atoms with E-state index in [-0.39, 0.29) is 23.7 Å². The largest absolute Gasteiger partial charge is 0.282 e. The predicted molar refractivity (Wildman–Crippen MR) is 93.2 cm³/mol. The van der Waals surface area contributed by atoms with Crippen LogP contribution in [-0.2, 0) is 16.1 Å². The number of carbonyl (C=O) groups is 2. The fraction of sp³-hybridized carbons (Fsp3) is 0.389. The fourth-order valence-electron chi connectivity index (χ4n) is 3.52. The van der Waals surface area contributed by atoms with Crippen LogP contribution in [-0.4, -0.2) is 40.3 Å². The maximum Gasteiger partial charge on any atom is 0.234 e. The third-order valence-electron chi connectivity index (χ3n) is 4.73. The number of likely N-dealkylation sites (tertiary alicyclic amines) is 1. The molecule has 1 aromatic carbocycles. The lowest BCUT2D eigenvalue weighted by atomic mass is 9.85. The minimum Gasteiger partial charge on any atom is -0.282 e. The molecule has 0 unspecified atom stereocenters. The Morgan fingerprint density at radius 2 is 1.83 bits per heavy atom. The summed E-state index contributed by atoms with van der Waals surface area (Å²) in [6.45, 7) is 0.963. The zero-order valence-corrected chi connectivity index (χ0v) is 14.3. The monoisotopic (exact) mass is 341 g/mol. The number of aromatic nitrogens is 1. The van der Waals surface area contributed by atoms with Gasteiger partial charge in [-0.25, -0.2) is 4.98 Å². The maximum atomic E-state index is 12.5. The zero-order chi connectivity index (χ0) is 16.7. The van der Waals surface area contributed by atoms with Crippen LogP contribution in [0.25, 0.3) is 10.2 Å². The Kier molecular flexibility index (Phi) is 3.94. The molecule has 1 fully saturated rings. The van der Waals surface area contributed by atoms with Crippen LogP contribution in [0.5, 0.6) is 0 Å². The van der Waals surface area contributed by atoms with E-state index in [0.29, 0.717) is 26.1 Å². The minimum atomic E-state index is -0.154. The standard InChI is InChI=1S/C18H19N3O2S/c1-20(10-16-19-14-8-4-5-9-15(14)24-16)11-21-17(22)12-6-2-3-7-13(12)18(21)23/h2-5,8-9,12-13H,6-7,10-11H2,1H3/t12-,13+. The molecule has 1 aliphatic heterocycles. The van der Waals surface area contributed by atoms with Gasteiger partial charge in [0.2, 0.25) is 11.8 Å². The molecule has 0 radical (unpaired) electrons. The molecule has 2 atom stereocenters. The Hall–Kier alpha value is -2.05. The lowest BCUT2D eigenvalue weighted by Gasteiger charge is -2.22. The summed E-state index contributed by atoms with van der Waals surface area (Å²) in [5.74, 6) is -0.354. The first-order valence-electron chi connectivity index (χ1n) is 8.16. The summed E-state index contributed by atoms with van der Waals surface area (Å²) >= 11 is 1.65. The highest BCUT2D eigenvalue weighted by molar-refractivity contribution is 7.18. The minimum absolute atomic E-state index is 0.0227. The molecule has 2 aromatic rings. The van der Waals surface area contributed by atoms with Crippen molar-refractivity contribution in [2.75, 3.05) is 13.7 Å². The van der Waals surface area contributed by atoms with Gasteiger partial charge in [-0.1, -0.05) is 24.3 Å². The van der Waals surface area contributed by atoms with Crippen LogP contribution in [0.4, 0.5) is 0 Å². The van der Waals surface area contributed by atoms with Gasteiger partial charge in [-0.05, 0) is 32.0 Å². The maximum absolute atomic E-state index is 12.5. The van der Waals surface area contributed by atoms with Crippen molar-refractivity contribution in [3.8, 4) is 0 Å². The number of carbonyl (C=O) groups excluding carboxylic acids is 2. The molecule has 5 nitrogen and oxygen atoms in total. The topological polar surface area (TPSA) is 53.5 Å². The third-order valence-corrected chi connectivity index (χ3v) is 5.75. The summed E-state index contributed by atoms with van der Waals surface area (Å²) in [6, 6.07) is 8.04. The number of benzene rings is 1. The lowest BCUT2D eigenvalue weighted by molar-refractivity contribution is -0.142. The summed E-state index contributed by atoms with van der Waals surface area (Å²) < 4.78 is 1.16. The van der Waals surface area contributed by atoms with Crippen LogP contribution in [0.15, 0.2) is 36.4 Å². The van der Waals surface area contributed by atoms with E-state index in [0.717, 1.165) is 15.2 Å². The molecule has 24 heavy (non-hydrogen) atoms. The molecule has 0 spiro atoms. The molecule has 1 saturated heterocycles. The van der Waals surface area contributed by atoms with Gasteiger partial charge in [0, 0.05) is 0 Å². The normalized spacial score (nSPS) is 23.5. The van der Waals surface area contributed by atoms with Crippen molar-refractivity contribution in [2.45, 2.75) is 19.4 Å². The summed E-state index contributed by atoms with van der Waals surface area (Å²) in [6.07, 6.45) is 5.40. The number of imide groups is 1. The number of hydrogen-bond acceptors (Lipinski definition) is 5. The summed E-state index contributed by atoms with van der Waals surface area (Å²) in [4.78, 5) is 33.0. The summed E-state index contributed by atoms with van der Waals surface area (Å²) in [5, 5.41) is 0.997. The smallest absolute Gasteiger partial charge is 0.234 e. The van der Waals surface area contributed by atoms with E-state index in [1.165, 1.54) is 4.90 Å². The van der Waals surface area contributed by atoms with Gasteiger partial charge in [0.25, 0.3) is 0 Å². The molecular weight excluding hydrogens is 322 g/mol. The molecule has 2 aliphatic rings. The Morgan fingerprint density at radius 1 is 1.17 bits per heavy atom. The van der Waals surface area contributed by atoms with Crippen LogP contribution >= 0.6 is 11.3 Å². The molecular formula is C18H19N3O2S. The quantitative estimate of drug-likeness (QED) is 0.634. The second-order valence-electron chi connectivity index (χ2n) is 6.49. The number of para-hydroxylation sites is 1. The van der Waals surface area contributed by atoms with E-state index in [2.05, 4.69) is 11.1 Å². The van der Waals surface area contributed by atoms with Gasteiger partial charge in [0.05, 0.1) is 35.3 Å². The molecule has 2 heterocycles. The van der Waals surface area contributed by atoms with E-state index in [1.54, 1.807) is 11.3 Å². The average Bonchev–Trinajstić information content (AvgIpc) is 3.09. The van der Waals surface area contributed by atoms with Gasteiger partial charge in [-0.2, -0.15) is 0 Å². The molecule has 4 rings (SSSR count). The first kappa shape index (κ1) is 15.5. The van der Waals surface area contributed by atoms with Crippen molar-refractivity contribution in [1.29, 1.82) is 0 Å². The van der Waals surface area contributed by atoms with Crippen molar-refractivity contribution in [2.24, 2.45) is 11.8 Å². The Morgan fingerprint density at radius 3 is 2.50 bits per heavy atom. The molecule has 0 bridgehead atoms. The van der Waals surface area contributed by atoms with Gasteiger partial charge < -0.3 is 0 Å². The van der Waals surface area contributed by atoms with Crippen LogP contribution in [0.2, 0.25) is 0 Å². The Bertz CT molecular complexity index is 770. The number of nitrogens with zero attached hydrogens (tertiary/aromatic N) is 3. The van der Waals surface area contributed by atoms with Crippen LogP contribution in [0.3, 0.4) is 0 Å². The second kappa shape index (κ2) is 6.11. The third kappa shape index (κ3) is 2.65. The number of amides is 2. The molecule has 1 aliphatic carbocycles. The van der Waals surface area contributed by atoms with Crippen molar-refractivity contribution < 1.29 is 9.59 Å². The highest BCUT2D eigenvalue weighted by atomic mass is 32.1. The van der Waals surface area contributed by atoms with Gasteiger partial charge in [0.1, 0.15) is 5.01 Å². The number of fused-ring (bicyclic) bond motifs is 2. The van der Waals surface area contributed by atoms with Crippen molar-refractivity contribution in [1.82, 2.24) is 14.8 Å². The van der Waals surface area contributed by atoms with E-state index < -0.39 is 0 Å². The lowest BCUT2D eigenvalue weighted by Crippen LogP contribution is -2.40. The van der Waals surface area contributed by atoms with E-state index in [9.17, 15) is 9.59 Å². The first-order valence-corrected chi connectivity index (χ1v) is 8.98. The number of hydrogen-bond donors (Lipinski definition) is 0. The van der Waals surface area contributed by atoms with Gasteiger partial charge in [-0.15, -0.1) is 11.3 Å². The zero-order valence-electron chi connectivity index (χ0n) is 13.5. The Labute approximate surface area is 144 Å². The fourth-order valence-corrected chi connectivity index (χ4v) is 4.57. The highest BCUT2D eigenvalue weighted by Crippen LogP contribution is 2.35.